The summed E-state index contributed by atoms with van der Waals surface area (Å²) < 4.78 is 16.3. The highest BCUT2D eigenvalue weighted by Crippen LogP contribution is 2.17. The van der Waals surface area contributed by atoms with Crippen LogP contribution >= 0.6 is 11.6 Å². The van der Waals surface area contributed by atoms with Gasteiger partial charge in [0.1, 0.15) is 29.7 Å². The summed E-state index contributed by atoms with van der Waals surface area (Å²) in [6.07, 6.45) is -0.962. The van der Waals surface area contributed by atoms with Crippen molar-refractivity contribution in [1.82, 2.24) is 15.3 Å². The van der Waals surface area contributed by atoms with Crippen molar-refractivity contribution in [3.05, 3.63) is 41.6 Å². The first kappa shape index (κ1) is 25.0. The van der Waals surface area contributed by atoms with Gasteiger partial charge in [-0.05, 0) is 32.9 Å². The molecule has 1 amide bonds. The number of para-hydroxylation sites is 1. The molecule has 0 saturated heterocycles. The number of nitrogens with one attached hydrogen (secondary N) is 2. The zero-order chi connectivity index (χ0) is 23.6. The van der Waals surface area contributed by atoms with Crippen LogP contribution in [0.4, 0.5) is 10.7 Å². The second-order valence-electron chi connectivity index (χ2n) is 7.68. The number of anilines is 1. The SMILES string of the molecule is CC(C)(C)OC(=O)NC[C@@H](CC(=O)O)Nc1nc(Cl)cc(OCCOc2ccccc2)n1. The van der Waals surface area contributed by atoms with Gasteiger partial charge in [-0.15, -0.1) is 0 Å². The topological polar surface area (TPSA) is 132 Å². The lowest BCUT2D eigenvalue weighted by Gasteiger charge is -2.22. The van der Waals surface area contributed by atoms with Crippen molar-refractivity contribution in [3.8, 4) is 11.6 Å². The van der Waals surface area contributed by atoms with Crippen LogP contribution in [-0.2, 0) is 9.53 Å². The molecule has 0 aliphatic rings. The Labute approximate surface area is 191 Å². The van der Waals surface area contributed by atoms with Crippen molar-refractivity contribution in [1.29, 1.82) is 0 Å². The lowest BCUT2D eigenvalue weighted by molar-refractivity contribution is -0.137. The average molecular weight is 467 g/mol. The summed E-state index contributed by atoms with van der Waals surface area (Å²) in [5.41, 5.74) is -0.674. The first-order chi connectivity index (χ1) is 15.1. The molecule has 0 fully saturated rings. The predicted molar refractivity (Wildman–Crippen MR) is 118 cm³/mol. The second kappa shape index (κ2) is 11.9. The number of aliphatic carboxylic acids is 1. The first-order valence-electron chi connectivity index (χ1n) is 9.91. The van der Waals surface area contributed by atoms with Crippen molar-refractivity contribution in [2.75, 3.05) is 25.1 Å². The lowest BCUT2D eigenvalue weighted by Crippen LogP contribution is -2.40. The number of hydrogen-bond donors (Lipinski definition) is 3. The second-order valence-corrected chi connectivity index (χ2v) is 8.07. The van der Waals surface area contributed by atoms with Gasteiger partial charge in [-0.25, -0.2) is 9.78 Å². The molecule has 32 heavy (non-hydrogen) atoms. The minimum Gasteiger partial charge on any atom is -0.490 e. The van der Waals surface area contributed by atoms with E-state index >= 15 is 0 Å². The monoisotopic (exact) mass is 466 g/mol. The highest BCUT2D eigenvalue weighted by Gasteiger charge is 2.20. The highest BCUT2D eigenvalue weighted by atomic mass is 35.5. The third-order valence-corrected chi connectivity index (χ3v) is 3.86. The Kier molecular flexibility index (Phi) is 9.33. The maximum atomic E-state index is 11.9. The molecular weight excluding hydrogens is 440 g/mol. The third kappa shape index (κ3) is 10.2. The quantitative estimate of drug-likeness (QED) is 0.336. The van der Waals surface area contributed by atoms with Crippen LogP contribution in [0.25, 0.3) is 0 Å². The molecule has 0 aliphatic carbocycles. The van der Waals surface area contributed by atoms with Gasteiger partial charge in [-0.3, -0.25) is 4.79 Å². The number of nitrogens with zero attached hydrogens (tertiary/aromatic N) is 2. The zero-order valence-electron chi connectivity index (χ0n) is 18.1. The molecule has 0 unspecified atom stereocenters. The van der Waals surface area contributed by atoms with E-state index in [-0.39, 0.29) is 43.2 Å². The molecule has 0 radical (unpaired) electrons. The number of ether oxygens (including phenoxy) is 3. The summed E-state index contributed by atoms with van der Waals surface area (Å²) in [6, 6.07) is 10.00. The van der Waals surface area contributed by atoms with Crippen LogP contribution in [0.5, 0.6) is 11.6 Å². The molecule has 1 aromatic heterocycles. The van der Waals surface area contributed by atoms with E-state index in [4.69, 9.17) is 25.8 Å². The average Bonchev–Trinajstić information content (AvgIpc) is 2.68. The van der Waals surface area contributed by atoms with Crippen molar-refractivity contribution in [2.24, 2.45) is 0 Å². The Morgan fingerprint density at radius 2 is 1.81 bits per heavy atom. The highest BCUT2D eigenvalue weighted by molar-refractivity contribution is 6.29. The van der Waals surface area contributed by atoms with Gasteiger partial charge in [-0.2, -0.15) is 4.98 Å². The number of hydrogen-bond acceptors (Lipinski definition) is 8. The van der Waals surface area contributed by atoms with E-state index in [1.165, 1.54) is 6.07 Å². The molecule has 1 aromatic carbocycles. The summed E-state index contributed by atoms with van der Waals surface area (Å²) in [5, 5.41) is 14.7. The number of amides is 1. The minimum atomic E-state index is -1.06. The summed E-state index contributed by atoms with van der Waals surface area (Å²) in [4.78, 5) is 31.3. The zero-order valence-corrected chi connectivity index (χ0v) is 18.9. The van der Waals surface area contributed by atoms with Crippen molar-refractivity contribution in [3.63, 3.8) is 0 Å². The molecule has 174 valence electrons. The number of carbonyl (C=O) groups excluding carboxylic acids is 1. The molecule has 11 heteroatoms. The molecule has 0 spiro atoms. The molecular formula is C21H27ClN4O6. The van der Waals surface area contributed by atoms with E-state index in [0.29, 0.717) is 5.75 Å². The largest absolute Gasteiger partial charge is 0.490 e. The predicted octanol–water partition coefficient (Wildman–Crippen LogP) is 3.37. The van der Waals surface area contributed by atoms with E-state index in [2.05, 4.69) is 20.6 Å². The van der Waals surface area contributed by atoms with Gasteiger partial charge in [0, 0.05) is 12.6 Å². The van der Waals surface area contributed by atoms with Crippen LogP contribution in [0, 0.1) is 0 Å². The van der Waals surface area contributed by atoms with Crippen LogP contribution in [-0.4, -0.2) is 58.5 Å². The molecule has 10 nitrogen and oxygen atoms in total. The molecule has 0 bridgehead atoms. The summed E-state index contributed by atoms with van der Waals surface area (Å²) >= 11 is 6.04. The Hall–Kier alpha value is -3.27. The smallest absolute Gasteiger partial charge is 0.407 e. The minimum absolute atomic E-state index is 0.0296. The molecule has 0 saturated carbocycles. The number of carboxylic acids is 1. The van der Waals surface area contributed by atoms with E-state index < -0.39 is 23.7 Å². The molecule has 2 rings (SSSR count). The van der Waals surface area contributed by atoms with Crippen LogP contribution in [0.2, 0.25) is 5.15 Å². The number of carboxylic acid groups (broad SMARTS) is 1. The van der Waals surface area contributed by atoms with Gasteiger partial charge in [0.2, 0.25) is 11.8 Å². The normalized spacial score (nSPS) is 11.9. The van der Waals surface area contributed by atoms with Crippen molar-refractivity contribution < 1.29 is 28.9 Å². The fourth-order valence-corrected chi connectivity index (χ4v) is 2.62. The van der Waals surface area contributed by atoms with E-state index in [1.54, 1.807) is 20.8 Å². The molecule has 3 N–H and O–H groups in total. The van der Waals surface area contributed by atoms with Crippen LogP contribution in [0.1, 0.15) is 27.2 Å². The number of benzene rings is 1. The van der Waals surface area contributed by atoms with E-state index in [9.17, 15) is 14.7 Å². The maximum absolute atomic E-state index is 11.9. The van der Waals surface area contributed by atoms with Gasteiger partial charge in [0.15, 0.2) is 0 Å². The van der Waals surface area contributed by atoms with Gasteiger partial charge >= 0.3 is 12.1 Å². The van der Waals surface area contributed by atoms with Crippen LogP contribution < -0.4 is 20.1 Å². The standard InChI is InChI=1S/C21H27ClN4O6/c1-21(2,3)32-20(29)23-13-14(11-18(27)28)24-19-25-16(22)12-17(26-19)31-10-9-30-15-7-5-4-6-8-15/h4-8,12,14H,9-11,13H2,1-3H3,(H,23,29)(H,27,28)(H,24,25,26)/t14-/m1/s1. The fraction of sp³-hybridized carbons (Fsp3) is 0.429. The summed E-state index contributed by atoms with van der Waals surface area (Å²) in [7, 11) is 0. The lowest BCUT2D eigenvalue weighted by atomic mass is 10.2. The van der Waals surface area contributed by atoms with Crippen LogP contribution in [0.3, 0.4) is 0 Å². The number of aromatic nitrogens is 2. The van der Waals surface area contributed by atoms with Gasteiger partial charge in [0.05, 0.1) is 12.5 Å². The first-order valence-corrected chi connectivity index (χ1v) is 10.3. The molecule has 1 heterocycles. The van der Waals surface area contributed by atoms with Gasteiger partial charge in [0.25, 0.3) is 0 Å². The summed E-state index contributed by atoms with van der Waals surface area (Å²) in [6.45, 7) is 5.65. The number of halogens is 1. The fourth-order valence-electron chi connectivity index (χ4n) is 2.45. The van der Waals surface area contributed by atoms with E-state index in [0.717, 1.165) is 0 Å². The maximum Gasteiger partial charge on any atom is 0.407 e. The van der Waals surface area contributed by atoms with E-state index in [1.807, 2.05) is 30.3 Å². The molecule has 1 atom stereocenters. The Balaban J connectivity index is 1.93. The molecule has 2 aromatic rings. The van der Waals surface area contributed by atoms with Gasteiger partial charge < -0.3 is 30.0 Å². The van der Waals surface area contributed by atoms with Gasteiger partial charge in [-0.1, -0.05) is 29.8 Å². The summed E-state index contributed by atoms with van der Waals surface area (Å²) in [5.74, 6) is -0.0923. The number of alkyl carbamates (subject to hydrolysis) is 1. The van der Waals surface area contributed by atoms with Crippen molar-refractivity contribution >= 4 is 29.6 Å². The number of rotatable bonds is 11. The Bertz CT molecular complexity index is 892. The molecule has 0 aliphatic heterocycles. The third-order valence-electron chi connectivity index (χ3n) is 3.66. The number of carbonyl (C=O) groups is 2. The Morgan fingerprint density at radius 1 is 1.12 bits per heavy atom. The Morgan fingerprint density at radius 3 is 2.47 bits per heavy atom. The van der Waals surface area contributed by atoms with Crippen LogP contribution in [0.15, 0.2) is 36.4 Å². The van der Waals surface area contributed by atoms with Crippen molar-refractivity contribution in [2.45, 2.75) is 38.8 Å².